The van der Waals surface area contributed by atoms with Crippen molar-refractivity contribution in [3.8, 4) is 0 Å². The van der Waals surface area contributed by atoms with Crippen molar-refractivity contribution in [1.82, 2.24) is 9.88 Å². The molecule has 0 bridgehead atoms. The molecule has 0 saturated carbocycles. The van der Waals surface area contributed by atoms with Crippen molar-refractivity contribution in [2.45, 2.75) is 31.7 Å². The van der Waals surface area contributed by atoms with Crippen molar-refractivity contribution < 1.29 is 13.6 Å². The maximum absolute atomic E-state index is 13.2. The first kappa shape index (κ1) is 14.7. The van der Waals surface area contributed by atoms with Crippen LogP contribution in [0, 0.1) is 0 Å². The smallest absolute Gasteiger partial charge is 0.255 e. The summed E-state index contributed by atoms with van der Waals surface area (Å²) in [5.41, 5.74) is 0.341. The van der Waals surface area contributed by atoms with E-state index in [0.29, 0.717) is 10.0 Å². The second-order valence-corrected chi connectivity index (χ2v) is 5.87. The van der Waals surface area contributed by atoms with E-state index in [4.69, 9.17) is 11.6 Å². The Morgan fingerprint density at radius 3 is 2.89 bits per heavy atom. The molecule has 0 radical (unpaired) electrons. The van der Waals surface area contributed by atoms with E-state index < -0.39 is 12.0 Å². The zero-order valence-corrected chi connectivity index (χ0v) is 12.5. The summed E-state index contributed by atoms with van der Waals surface area (Å²) in [6.45, 7) is 1.68. The zero-order chi connectivity index (χ0) is 14.2. The second kappa shape index (κ2) is 5.32. The first-order valence-corrected chi connectivity index (χ1v) is 6.97. The zero-order valence-electron chi connectivity index (χ0n) is 10.2. The fourth-order valence-corrected chi connectivity index (χ4v) is 2.61. The number of carbonyl (C=O) groups excluding carboxylic acids is 1. The van der Waals surface area contributed by atoms with Crippen molar-refractivity contribution in [2.75, 3.05) is 6.54 Å². The molecule has 1 amide bonds. The average molecular weight is 354 g/mol. The van der Waals surface area contributed by atoms with Crippen LogP contribution in [0.4, 0.5) is 8.78 Å². The number of rotatable bonds is 1. The maximum Gasteiger partial charge on any atom is 0.255 e. The van der Waals surface area contributed by atoms with E-state index in [9.17, 15) is 13.6 Å². The Hall–Kier alpha value is -0.750. The summed E-state index contributed by atoms with van der Waals surface area (Å²) in [5.74, 6) is -2.98. The van der Waals surface area contributed by atoms with Gasteiger partial charge in [0.15, 0.2) is 0 Å². The minimum atomic E-state index is -2.69. The Morgan fingerprint density at radius 1 is 1.63 bits per heavy atom. The van der Waals surface area contributed by atoms with Crippen LogP contribution in [-0.2, 0) is 0 Å². The highest BCUT2D eigenvalue weighted by molar-refractivity contribution is 9.10. The molecule has 2 rings (SSSR count). The number of likely N-dealkylation sites (tertiary alicyclic amines) is 1. The van der Waals surface area contributed by atoms with Gasteiger partial charge in [0.05, 0.1) is 10.0 Å². The number of hydrogen-bond acceptors (Lipinski definition) is 2. The average Bonchev–Trinajstić information content (AvgIpc) is 2.31. The Morgan fingerprint density at radius 2 is 2.32 bits per heavy atom. The number of pyridine rings is 1. The summed E-state index contributed by atoms with van der Waals surface area (Å²) in [5, 5.41) is 0.259. The van der Waals surface area contributed by atoms with Crippen LogP contribution in [0.2, 0.25) is 5.15 Å². The molecule has 1 saturated heterocycles. The summed E-state index contributed by atoms with van der Waals surface area (Å²) in [7, 11) is 0. The third kappa shape index (κ3) is 3.23. The summed E-state index contributed by atoms with van der Waals surface area (Å²) < 4.78 is 27.0. The minimum Gasteiger partial charge on any atom is -0.335 e. The van der Waals surface area contributed by atoms with Crippen molar-refractivity contribution in [3.63, 3.8) is 0 Å². The van der Waals surface area contributed by atoms with Gasteiger partial charge in [0.2, 0.25) is 0 Å². The predicted molar refractivity (Wildman–Crippen MR) is 71.6 cm³/mol. The molecule has 19 heavy (non-hydrogen) atoms. The molecule has 1 aromatic heterocycles. The highest BCUT2D eigenvalue weighted by Crippen LogP contribution is 2.32. The number of nitrogens with zero attached hydrogens (tertiary/aromatic N) is 2. The van der Waals surface area contributed by atoms with Gasteiger partial charge in [-0.15, -0.1) is 0 Å². The monoisotopic (exact) mass is 352 g/mol. The molecule has 104 valence electrons. The largest absolute Gasteiger partial charge is 0.335 e. The molecule has 2 heterocycles. The van der Waals surface area contributed by atoms with E-state index in [2.05, 4.69) is 20.9 Å². The van der Waals surface area contributed by atoms with Crippen LogP contribution in [0.25, 0.3) is 0 Å². The number of hydrogen-bond donors (Lipinski definition) is 0. The van der Waals surface area contributed by atoms with Crippen LogP contribution in [0.15, 0.2) is 16.7 Å². The fourth-order valence-electron chi connectivity index (χ4n) is 2.15. The Labute approximate surface area is 123 Å². The summed E-state index contributed by atoms with van der Waals surface area (Å²) in [6, 6.07) is 1.06. The van der Waals surface area contributed by atoms with Crippen LogP contribution in [0.5, 0.6) is 0 Å². The molecule has 1 atom stereocenters. The van der Waals surface area contributed by atoms with Gasteiger partial charge in [0.25, 0.3) is 11.8 Å². The Balaban J connectivity index is 2.18. The van der Waals surface area contributed by atoms with E-state index in [-0.39, 0.29) is 30.4 Å². The van der Waals surface area contributed by atoms with Gasteiger partial charge in [-0.1, -0.05) is 11.6 Å². The van der Waals surface area contributed by atoms with Gasteiger partial charge in [-0.3, -0.25) is 4.79 Å². The summed E-state index contributed by atoms with van der Waals surface area (Å²) >= 11 is 8.94. The minimum absolute atomic E-state index is 0.0489. The lowest BCUT2D eigenvalue weighted by Gasteiger charge is -2.37. The highest BCUT2D eigenvalue weighted by atomic mass is 79.9. The number of carbonyl (C=O) groups is 1. The van der Waals surface area contributed by atoms with Crippen LogP contribution < -0.4 is 0 Å². The van der Waals surface area contributed by atoms with Crippen LogP contribution in [-0.4, -0.2) is 34.3 Å². The number of amides is 1. The van der Waals surface area contributed by atoms with Crippen molar-refractivity contribution in [1.29, 1.82) is 0 Å². The highest BCUT2D eigenvalue weighted by Gasteiger charge is 2.40. The van der Waals surface area contributed by atoms with Crippen molar-refractivity contribution in [3.05, 3.63) is 27.5 Å². The van der Waals surface area contributed by atoms with E-state index >= 15 is 0 Å². The standard InChI is InChI=1S/C12H12BrClF2N2O/c1-7-5-12(15,16)2-3-18(7)11(19)8-4-9(13)10(14)17-6-8/h4,6-7H,2-3,5H2,1H3. The molecule has 1 unspecified atom stereocenters. The van der Waals surface area contributed by atoms with E-state index in [1.807, 2.05) is 0 Å². The van der Waals surface area contributed by atoms with Crippen LogP contribution in [0.1, 0.15) is 30.1 Å². The van der Waals surface area contributed by atoms with Gasteiger partial charge in [0.1, 0.15) is 5.15 Å². The molecular weight excluding hydrogens is 341 g/mol. The third-order valence-corrected chi connectivity index (χ3v) is 4.28. The first-order chi connectivity index (χ1) is 8.80. The Kier molecular flexibility index (Phi) is 4.11. The lowest BCUT2D eigenvalue weighted by atomic mass is 9.99. The Bertz CT molecular complexity index is 513. The lowest BCUT2D eigenvalue weighted by molar-refractivity contribution is -0.0664. The summed E-state index contributed by atoms with van der Waals surface area (Å²) in [4.78, 5) is 17.6. The number of halogens is 4. The molecule has 0 N–H and O–H groups in total. The van der Waals surface area contributed by atoms with Gasteiger partial charge < -0.3 is 4.90 Å². The molecule has 0 spiro atoms. The lowest BCUT2D eigenvalue weighted by Crippen LogP contribution is -2.48. The maximum atomic E-state index is 13.2. The molecule has 1 aliphatic rings. The van der Waals surface area contributed by atoms with Gasteiger partial charge in [-0.05, 0) is 28.9 Å². The molecule has 0 aliphatic carbocycles. The van der Waals surface area contributed by atoms with E-state index in [0.717, 1.165) is 0 Å². The topological polar surface area (TPSA) is 33.2 Å². The van der Waals surface area contributed by atoms with Crippen molar-refractivity contribution in [2.24, 2.45) is 0 Å². The number of aromatic nitrogens is 1. The molecule has 3 nitrogen and oxygen atoms in total. The second-order valence-electron chi connectivity index (χ2n) is 4.65. The molecular formula is C12H12BrClF2N2O. The van der Waals surface area contributed by atoms with Gasteiger partial charge in [0, 0.05) is 31.6 Å². The number of alkyl halides is 2. The van der Waals surface area contributed by atoms with Gasteiger partial charge in [-0.2, -0.15) is 0 Å². The van der Waals surface area contributed by atoms with Crippen molar-refractivity contribution >= 4 is 33.4 Å². The number of piperidine rings is 1. The quantitative estimate of drug-likeness (QED) is 0.720. The summed E-state index contributed by atoms with van der Waals surface area (Å²) in [6.07, 6.45) is 0.751. The molecule has 1 fully saturated rings. The predicted octanol–water partition coefficient (Wildman–Crippen LogP) is 3.76. The molecule has 0 aromatic carbocycles. The van der Waals surface area contributed by atoms with Gasteiger partial charge in [-0.25, -0.2) is 13.8 Å². The SMILES string of the molecule is CC1CC(F)(F)CCN1C(=O)c1cnc(Cl)c(Br)c1. The van der Waals surface area contributed by atoms with Crippen LogP contribution in [0.3, 0.4) is 0 Å². The third-order valence-electron chi connectivity index (χ3n) is 3.15. The van der Waals surface area contributed by atoms with Gasteiger partial charge >= 0.3 is 0 Å². The van der Waals surface area contributed by atoms with Crippen LogP contribution >= 0.6 is 27.5 Å². The van der Waals surface area contributed by atoms with E-state index in [1.165, 1.54) is 11.1 Å². The molecule has 1 aromatic rings. The first-order valence-electron chi connectivity index (χ1n) is 5.80. The molecule has 1 aliphatic heterocycles. The fraction of sp³-hybridized carbons (Fsp3) is 0.500. The normalized spacial score (nSPS) is 22.4. The van der Waals surface area contributed by atoms with E-state index in [1.54, 1.807) is 13.0 Å². The molecule has 7 heteroatoms.